The Morgan fingerprint density at radius 3 is 2.54 bits per heavy atom. The Balaban J connectivity index is 1.58. The number of benzene rings is 1. The number of anilines is 3. The number of hydrogen-bond donors (Lipinski definition) is 3. The fourth-order valence-corrected chi connectivity index (χ4v) is 2.64. The van der Waals surface area contributed by atoms with Gasteiger partial charge in [0.15, 0.2) is 0 Å². The summed E-state index contributed by atoms with van der Waals surface area (Å²) in [5.41, 5.74) is 1.54. The van der Waals surface area contributed by atoms with Crippen LogP contribution in [0.25, 0.3) is 0 Å². The second-order valence-electron chi connectivity index (χ2n) is 6.02. The van der Waals surface area contributed by atoms with Crippen LogP contribution in [0.4, 0.5) is 17.2 Å². The summed E-state index contributed by atoms with van der Waals surface area (Å²) in [6.07, 6.45) is 3.64. The van der Waals surface area contributed by atoms with Gasteiger partial charge in [0.05, 0.1) is 6.10 Å². The van der Waals surface area contributed by atoms with Crippen molar-refractivity contribution in [2.75, 3.05) is 29.1 Å². The molecule has 0 radical (unpaired) electrons. The van der Waals surface area contributed by atoms with E-state index in [-0.39, 0.29) is 23.6 Å². The van der Waals surface area contributed by atoms with Crippen LogP contribution in [0.3, 0.4) is 0 Å². The van der Waals surface area contributed by atoms with Gasteiger partial charge in [-0.1, -0.05) is 0 Å². The SMILES string of the molecule is CC(=O)Nc1ccc(NC(=O)c2cc(NCC3CCCO3)ncn2)cc1. The van der Waals surface area contributed by atoms with Crippen LogP contribution in [0.5, 0.6) is 0 Å². The fraction of sp³-hybridized carbons (Fsp3) is 0.333. The average Bonchev–Trinajstić information content (AvgIpc) is 3.15. The van der Waals surface area contributed by atoms with Gasteiger partial charge >= 0.3 is 0 Å². The normalized spacial score (nSPS) is 16.1. The number of nitrogens with one attached hydrogen (secondary N) is 3. The second-order valence-corrected chi connectivity index (χ2v) is 6.02. The van der Waals surface area contributed by atoms with Crippen molar-refractivity contribution in [2.24, 2.45) is 0 Å². The summed E-state index contributed by atoms with van der Waals surface area (Å²) >= 11 is 0. The van der Waals surface area contributed by atoms with Gasteiger partial charge in [0.25, 0.3) is 5.91 Å². The van der Waals surface area contributed by atoms with E-state index >= 15 is 0 Å². The van der Waals surface area contributed by atoms with Crippen molar-refractivity contribution in [3.05, 3.63) is 42.4 Å². The van der Waals surface area contributed by atoms with Gasteiger partial charge < -0.3 is 20.7 Å². The third-order valence-electron chi connectivity index (χ3n) is 3.90. The zero-order valence-electron chi connectivity index (χ0n) is 14.5. The van der Waals surface area contributed by atoms with E-state index < -0.39 is 0 Å². The molecule has 136 valence electrons. The van der Waals surface area contributed by atoms with Crippen LogP contribution in [-0.2, 0) is 9.53 Å². The number of carbonyl (C=O) groups excluding carboxylic acids is 2. The number of nitrogens with zero attached hydrogens (tertiary/aromatic N) is 2. The molecule has 0 bridgehead atoms. The molecule has 0 aliphatic carbocycles. The second kappa shape index (κ2) is 8.39. The highest BCUT2D eigenvalue weighted by Gasteiger charge is 2.15. The number of carbonyl (C=O) groups is 2. The Bertz CT molecular complexity index is 773. The predicted octanol–water partition coefficient (Wildman–Crippen LogP) is 2.28. The van der Waals surface area contributed by atoms with Crippen LogP contribution in [0.15, 0.2) is 36.7 Å². The molecule has 1 aromatic carbocycles. The molecule has 8 nitrogen and oxygen atoms in total. The summed E-state index contributed by atoms with van der Waals surface area (Å²) in [4.78, 5) is 31.5. The number of ether oxygens (including phenoxy) is 1. The summed E-state index contributed by atoms with van der Waals surface area (Å²) in [5.74, 6) is 0.104. The van der Waals surface area contributed by atoms with E-state index in [2.05, 4.69) is 25.9 Å². The highest BCUT2D eigenvalue weighted by molar-refractivity contribution is 6.03. The molecular formula is C18H21N5O3. The third-order valence-corrected chi connectivity index (χ3v) is 3.90. The van der Waals surface area contributed by atoms with Crippen molar-refractivity contribution in [1.82, 2.24) is 9.97 Å². The first-order valence-electron chi connectivity index (χ1n) is 8.47. The molecule has 1 fully saturated rings. The highest BCUT2D eigenvalue weighted by Crippen LogP contribution is 2.16. The van der Waals surface area contributed by atoms with Gasteiger partial charge in [-0.15, -0.1) is 0 Å². The van der Waals surface area contributed by atoms with Crippen molar-refractivity contribution in [3.8, 4) is 0 Å². The zero-order valence-corrected chi connectivity index (χ0v) is 14.5. The van der Waals surface area contributed by atoms with Gasteiger partial charge in [-0.3, -0.25) is 9.59 Å². The number of rotatable bonds is 6. The van der Waals surface area contributed by atoms with Crippen LogP contribution in [-0.4, -0.2) is 41.0 Å². The topological polar surface area (TPSA) is 105 Å². The standard InChI is InChI=1S/C18H21N5O3/c1-12(24)22-13-4-6-14(7-5-13)23-18(25)16-9-17(21-11-20-16)19-10-15-3-2-8-26-15/h4-7,9,11,15H,2-3,8,10H2,1H3,(H,22,24)(H,23,25)(H,19,20,21). The molecule has 3 N–H and O–H groups in total. The van der Waals surface area contributed by atoms with E-state index in [1.807, 2.05) is 0 Å². The molecule has 2 aromatic rings. The van der Waals surface area contributed by atoms with Crippen LogP contribution in [0, 0.1) is 0 Å². The van der Waals surface area contributed by atoms with Crippen molar-refractivity contribution in [2.45, 2.75) is 25.9 Å². The summed E-state index contributed by atoms with van der Waals surface area (Å²) in [5, 5.41) is 8.61. The van der Waals surface area contributed by atoms with Gasteiger partial charge in [0.1, 0.15) is 17.8 Å². The Morgan fingerprint density at radius 1 is 1.15 bits per heavy atom. The van der Waals surface area contributed by atoms with Gasteiger partial charge in [-0.05, 0) is 37.1 Å². The Kier molecular flexibility index (Phi) is 5.75. The number of amides is 2. The minimum Gasteiger partial charge on any atom is -0.376 e. The summed E-state index contributed by atoms with van der Waals surface area (Å²) < 4.78 is 5.55. The smallest absolute Gasteiger partial charge is 0.274 e. The predicted molar refractivity (Wildman–Crippen MR) is 98.2 cm³/mol. The van der Waals surface area contributed by atoms with E-state index in [0.29, 0.717) is 23.7 Å². The van der Waals surface area contributed by atoms with Crippen LogP contribution in [0.2, 0.25) is 0 Å². The average molecular weight is 355 g/mol. The molecular weight excluding hydrogens is 334 g/mol. The molecule has 8 heteroatoms. The molecule has 1 saturated heterocycles. The molecule has 2 heterocycles. The Labute approximate surface area is 151 Å². The molecule has 3 rings (SSSR count). The van der Waals surface area contributed by atoms with E-state index in [1.165, 1.54) is 13.3 Å². The molecule has 2 amide bonds. The van der Waals surface area contributed by atoms with E-state index in [1.54, 1.807) is 30.3 Å². The minimum atomic E-state index is -0.333. The van der Waals surface area contributed by atoms with Crippen molar-refractivity contribution < 1.29 is 14.3 Å². The Hall–Kier alpha value is -3.00. The van der Waals surface area contributed by atoms with Crippen LogP contribution < -0.4 is 16.0 Å². The lowest BCUT2D eigenvalue weighted by Gasteiger charge is -2.11. The van der Waals surface area contributed by atoms with Crippen molar-refractivity contribution >= 4 is 29.0 Å². The zero-order chi connectivity index (χ0) is 18.4. The molecule has 1 aromatic heterocycles. The first-order chi connectivity index (χ1) is 12.6. The van der Waals surface area contributed by atoms with Gasteiger partial charge in [0.2, 0.25) is 5.91 Å². The van der Waals surface area contributed by atoms with E-state index in [9.17, 15) is 9.59 Å². The lowest BCUT2D eigenvalue weighted by molar-refractivity contribution is -0.114. The molecule has 0 saturated carbocycles. The Morgan fingerprint density at radius 2 is 1.88 bits per heavy atom. The van der Waals surface area contributed by atoms with Crippen LogP contribution >= 0.6 is 0 Å². The monoisotopic (exact) mass is 355 g/mol. The minimum absolute atomic E-state index is 0.147. The molecule has 1 aliphatic rings. The molecule has 1 atom stereocenters. The molecule has 1 unspecified atom stereocenters. The fourth-order valence-electron chi connectivity index (χ4n) is 2.64. The summed E-state index contributed by atoms with van der Waals surface area (Å²) in [6.45, 7) is 2.89. The maximum Gasteiger partial charge on any atom is 0.274 e. The molecule has 26 heavy (non-hydrogen) atoms. The first kappa shape index (κ1) is 17.8. The van der Waals surface area contributed by atoms with E-state index in [4.69, 9.17) is 4.74 Å². The van der Waals surface area contributed by atoms with Crippen molar-refractivity contribution in [3.63, 3.8) is 0 Å². The largest absolute Gasteiger partial charge is 0.376 e. The first-order valence-corrected chi connectivity index (χ1v) is 8.47. The van der Waals surface area contributed by atoms with Crippen LogP contribution in [0.1, 0.15) is 30.3 Å². The lowest BCUT2D eigenvalue weighted by atomic mass is 10.2. The number of hydrogen-bond acceptors (Lipinski definition) is 6. The summed E-state index contributed by atoms with van der Waals surface area (Å²) in [6, 6.07) is 8.45. The molecule has 1 aliphatic heterocycles. The van der Waals surface area contributed by atoms with Gasteiger partial charge in [-0.2, -0.15) is 0 Å². The maximum atomic E-state index is 12.4. The quantitative estimate of drug-likeness (QED) is 0.734. The van der Waals surface area contributed by atoms with Gasteiger partial charge in [-0.25, -0.2) is 9.97 Å². The lowest BCUT2D eigenvalue weighted by Crippen LogP contribution is -2.20. The summed E-state index contributed by atoms with van der Waals surface area (Å²) in [7, 11) is 0. The highest BCUT2D eigenvalue weighted by atomic mass is 16.5. The van der Waals surface area contributed by atoms with Gasteiger partial charge in [0, 0.05) is 37.5 Å². The number of aromatic nitrogens is 2. The van der Waals surface area contributed by atoms with E-state index in [0.717, 1.165) is 19.4 Å². The van der Waals surface area contributed by atoms with Crippen molar-refractivity contribution in [1.29, 1.82) is 0 Å². The maximum absolute atomic E-state index is 12.4. The third kappa shape index (κ3) is 5.00. The molecule has 0 spiro atoms.